The van der Waals surface area contributed by atoms with Crippen molar-refractivity contribution < 1.29 is 4.79 Å². The van der Waals surface area contributed by atoms with Crippen molar-refractivity contribution in [1.29, 1.82) is 0 Å². The molecule has 0 aromatic heterocycles. The molecule has 1 heteroatoms. The van der Waals surface area contributed by atoms with Gasteiger partial charge in [0, 0.05) is 6.42 Å². The van der Waals surface area contributed by atoms with Gasteiger partial charge < -0.3 is 0 Å². The van der Waals surface area contributed by atoms with E-state index in [1.54, 1.807) is 0 Å². The Morgan fingerprint density at radius 2 is 1.75 bits per heavy atom. The Labute approximate surface area is 174 Å². The quantitative estimate of drug-likeness (QED) is 0.445. The van der Waals surface area contributed by atoms with Gasteiger partial charge in [0.25, 0.3) is 0 Å². The van der Waals surface area contributed by atoms with Gasteiger partial charge in [-0.3, -0.25) is 4.79 Å². The van der Waals surface area contributed by atoms with Crippen molar-refractivity contribution >= 4 is 5.78 Å². The smallest absolute Gasteiger partial charge is 0.155 e. The van der Waals surface area contributed by atoms with Crippen molar-refractivity contribution in [1.82, 2.24) is 0 Å². The minimum atomic E-state index is 0.332. The predicted molar refractivity (Wildman–Crippen MR) is 118 cm³/mol. The molecule has 28 heavy (non-hydrogen) atoms. The van der Waals surface area contributed by atoms with Gasteiger partial charge in [0.2, 0.25) is 0 Å². The first-order valence-electron chi connectivity index (χ1n) is 12.5. The Hall–Kier alpha value is -0.590. The van der Waals surface area contributed by atoms with Crippen LogP contribution in [-0.4, -0.2) is 5.78 Å². The van der Waals surface area contributed by atoms with Crippen LogP contribution in [0.5, 0.6) is 0 Å². The summed E-state index contributed by atoms with van der Waals surface area (Å²) in [6.45, 7) is 12.5. The monoisotopic (exact) mass is 385 g/mol. The molecule has 4 rings (SSSR count). The van der Waals surface area contributed by atoms with Gasteiger partial charge in [-0.05, 0) is 97.4 Å². The molecule has 3 fully saturated rings. The van der Waals surface area contributed by atoms with Crippen LogP contribution in [-0.2, 0) is 4.79 Å². The number of rotatable bonds is 5. The molecule has 0 N–H and O–H groups in total. The Kier molecular flexibility index (Phi) is 5.60. The second-order valence-corrected chi connectivity index (χ2v) is 12.0. The topological polar surface area (TPSA) is 17.1 Å². The molecular formula is C27H44O. The number of carbonyl (C=O) groups excluding carboxylic acids is 1. The summed E-state index contributed by atoms with van der Waals surface area (Å²) >= 11 is 0. The van der Waals surface area contributed by atoms with E-state index < -0.39 is 0 Å². The molecule has 158 valence electrons. The molecule has 3 saturated carbocycles. The zero-order valence-corrected chi connectivity index (χ0v) is 19.2. The van der Waals surface area contributed by atoms with Crippen molar-refractivity contribution in [3.8, 4) is 0 Å². The van der Waals surface area contributed by atoms with Gasteiger partial charge in [0.1, 0.15) is 0 Å². The molecule has 0 aliphatic heterocycles. The summed E-state index contributed by atoms with van der Waals surface area (Å²) < 4.78 is 0. The van der Waals surface area contributed by atoms with E-state index in [9.17, 15) is 4.79 Å². The van der Waals surface area contributed by atoms with E-state index in [-0.39, 0.29) is 0 Å². The molecule has 4 aliphatic rings. The van der Waals surface area contributed by atoms with Gasteiger partial charge in [-0.2, -0.15) is 0 Å². The van der Waals surface area contributed by atoms with Gasteiger partial charge in [-0.25, -0.2) is 0 Å². The minimum absolute atomic E-state index is 0.332. The number of fused-ring (bicyclic) bond motifs is 5. The van der Waals surface area contributed by atoms with Crippen molar-refractivity contribution in [2.24, 2.45) is 46.3 Å². The van der Waals surface area contributed by atoms with Gasteiger partial charge in [-0.1, -0.05) is 59.5 Å². The first-order valence-corrected chi connectivity index (χ1v) is 12.5. The normalized spacial score (nSPS) is 43.9. The molecule has 0 heterocycles. The summed E-state index contributed by atoms with van der Waals surface area (Å²) in [7, 11) is 0. The van der Waals surface area contributed by atoms with Crippen molar-refractivity contribution in [2.45, 2.75) is 105 Å². The Morgan fingerprint density at radius 1 is 0.964 bits per heavy atom. The van der Waals surface area contributed by atoms with E-state index in [0.717, 1.165) is 48.3 Å². The SMILES string of the molecule is CC(C)CCC[C@@H](C)[C@H]1CC[C@H]2[C@@H]3CCC4=[13CH]C(=O)CC[C@]4(C)[C@H]3CC[C@]12C. The average Bonchev–Trinajstić information content (AvgIpc) is 2.99. The molecular weight excluding hydrogens is 341 g/mol. The van der Waals surface area contributed by atoms with E-state index in [1.165, 1.54) is 63.4 Å². The maximum Gasteiger partial charge on any atom is 0.155 e. The lowest BCUT2D eigenvalue weighted by molar-refractivity contribution is -0.117. The maximum absolute atomic E-state index is 12.0. The Bertz CT molecular complexity index is 630. The zero-order valence-electron chi connectivity index (χ0n) is 19.2. The van der Waals surface area contributed by atoms with Crippen molar-refractivity contribution in [2.75, 3.05) is 0 Å². The molecule has 0 unspecified atom stereocenters. The van der Waals surface area contributed by atoms with Crippen LogP contribution in [0, 0.1) is 46.3 Å². The third kappa shape index (κ3) is 3.33. The second-order valence-electron chi connectivity index (χ2n) is 12.0. The van der Waals surface area contributed by atoms with Gasteiger partial charge >= 0.3 is 0 Å². The van der Waals surface area contributed by atoms with E-state index in [4.69, 9.17) is 0 Å². The number of hydrogen-bond donors (Lipinski definition) is 0. The van der Waals surface area contributed by atoms with E-state index in [0.29, 0.717) is 16.6 Å². The van der Waals surface area contributed by atoms with Gasteiger partial charge in [-0.15, -0.1) is 0 Å². The van der Waals surface area contributed by atoms with E-state index >= 15 is 0 Å². The molecule has 0 bridgehead atoms. The lowest BCUT2D eigenvalue weighted by Crippen LogP contribution is -2.50. The first-order chi connectivity index (χ1) is 13.3. The highest BCUT2D eigenvalue weighted by molar-refractivity contribution is 5.91. The third-order valence-corrected chi connectivity index (χ3v) is 10.2. The summed E-state index contributed by atoms with van der Waals surface area (Å²) in [5.74, 6) is 5.79. The predicted octanol–water partition coefficient (Wildman–Crippen LogP) is 7.60. The van der Waals surface area contributed by atoms with Gasteiger partial charge in [0.05, 0.1) is 0 Å². The molecule has 0 spiro atoms. The van der Waals surface area contributed by atoms with Crippen LogP contribution in [0.1, 0.15) is 105 Å². The molecule has 0 amide bonds. The highest BCUT2D eigenvalue weighted by atomic mass is 16.1. The summed E-state index contributed by atoms with van der Waals surface area (Å²) in [5, 5.41) is 0. The van der Waals surface area contributed by atoms with Crippen LogP contribution >= 0.6 is 0 Å². The summed E-state index contributed by atoms with van der Waals surface area (Å²) in [4.78, 5) is 12.0. The average molecular weight is 386 g/mol. The molecule has 0 aromatic carbocycles. The summed E-state index contributed by atoms with van der Waals surface area (Å²) in [6, 6.07) is 0. The number of carbonyl (C=O) groups is 1. The lowest BCUT2D eigenvalue weighted by atomic mass is 9.47. The van der Waals surface area contributed by atoms with Crippen molar-refractivity contribution in [3.05, 3.63) is 11.6 Å². The van der Waals surface area contributed by atoms with E-state index in [2.05, 4.69) is 40.7 Å². The number of ketones is 1. The molecule has 0 radical (unpaired) electrons. The standard InChI is InChI=1S/C27H44O/c1-18(2)7-6-8-19(3)23-11-12-24-22-10-9-20-17-21(28)13-15-26(20,4)25(22)14-16-27(23,24)5/h17-19,22-25H,6-16H2,1-5H3/t19-,22+,23-,24+,25+,26+,27-/m1/s1/i17+1. The number of hydrogen-bond acceptors (Lipinski definition) is 1. The van der Waals surface area contributed by atoms with Crippen LogP contribution in [0.3, 0.4) is 0 Å². The van der Waals surface area contributed by atoms with Crippen LogP contribution in [0.4, 0.5) is 0 Å². The molecule has 0 saturated heterocycles. The van der Waals surface area contributed by atoms with Gasteiger partial charge in [0.15, 0.2) is 5.78 Å². The molecule has 7 atom stereocenters. The van der Waals surface area contributed by atoms with E-state index in [1.807, 2.05) is 0 Å². The van der Waals surface area contributed by atoms with Crippen molar-refractivity contribution in [3.63, 3.8) is 0 Å². The minimum Gasteiger partial charge on any atom is -0.295 e. The first kappa shape index (κ1) is 20.7. The molecule has 0 aromatic rings. The van der Waals surface area contributed by atoms with Crippen LogP contribution in [0.2, 0.25) is 0 Å². The highest BCUT2D eigenvalue weighted by Gasteiger charge is 2.59. The zero-order chi connectivity index (χ0) is 20.1. The second kappa shape index (κ2) is 7.59. The largest absolute Gasteiger partial charge is 0.295 e. The Morgan fingerprint density at radius 3 is 2.50 bits per heavy atom. The third-order valence-electron chi connectivity index (χ3n) is 10.2. The fraction of sp³-hybridized carbons (Fsp3) is 0.889. The maximum atomic E-state index is 12.0. The Balaban J connectivity index is 1.49. The molecule has 4 aliphatic carbocycles. The lowest BCUT2D eigenvalue weighted by Gasteiger charge is -2.58. The summed E-state index contributed by atoms with van der Waals surface area (Å²) in [6.07, 6.45) is 16.6. The fourth-order valence-corrected chi connectivity index (χ4v) is 8.58. The van der Waals surface area contributed by atoms with Crippen LogP contribution < -0.4 is 0 Å². The molecule has 1 nitrogen and oxygen atoms in total. The van der Waals surface area contributed by atoms with Crippen LogP contribution in [0.25, 0.3) is 0 Å². The summed E-state index contributed by atoms with van der Waals surface area (Å²) in [5.41, 5.74) is 2.43. The fourth-order valence-electron chi connectivity index (χ4n) is 8.58. The van der Waals surface area contributed by atoms with Crippen LogP contribution in [0.15, 0.2) is 11.6 Å². The number of allylic oxidation sites excluding steroid dienone is 1. The highest BCUT2D eigenvalue weighted by Crippen LogP contribution is 2.67.